The van der Waals surface area contributed by atoms with Gasteiger partial charge in [-0.25, -0.2) is 0 Å². The first kappa shape index (κ1) is 14.4. The highest BCUT2D eigenvalue weighted by Gasteiger charge is 2.33. The molecule has 0 spiro atoms. The lowest BCUT2D eigenvalue weighted by molar-refractivity contribution is 0.345. The molecule has 3 nitrogen and oxygen atoms in total. The van der Waals surface area contributed by atoms with E-state index in [1.165, 1.54) is 0 Å². The van der Waals surface area contributed by atoms with Gasteiger partial charge in [0.2, 0.25) is 0 Å². The summed E-state index contributed by atoms with van der Waals surface area (Å²) in [5, 5.41) is 1.02. The summed E-state index contributed by atoms with van der Waals surface area (Å²) in [5.41, 5.74) is 0.859. The van der Waals surface area contributed by atoms with E-state index in [9.17, 15) is 4.57 Å². The first-order valence-corrected chi connectivity index (χ1v) is 8.70. The molecule has 1 atom stereocenters. The topological polar surface area (TPSA) is 35.5 Å². The molecule has 0 bridgehead atoms. The Bertz CT molecular complexity index is 740. The Hall–Kier alpha value is -1.54. The van der Waals surface area contributed by atoms with Crippen molar-refractivity contribution in [2.45, 2.75) is 6.92 Å². The predicted octanol–water partition coefficient (Wildman–Crippen LogP) is 4.67. The Labute approximate surface area is 128 Å². The molecule has 0 aliphatic carbocycles. The van der Waals surface area contributed by atoms with E-state index in [0.29, 0.717) is 28.4 Å². The van der Waals surface area contributed by atoms with E-state index in [2.05, 4.69) is 0 Å². The SMILES string of the molecule is CCOP1(=O)C=C(c2ccccc2)Oc2ccc(Cl)cc21. The third kappa shape index (κ3) is 2.77. The van der Waals surface area contributed by atoms with Gasteiger partial charge in [-0.05, 0) is 25.1 Å². The van der Waals surface area contributed by atoms with Gasteiger partial charge in [-0.1, -0.05) is 41.9 Å². The van der Waals surface area contributed by atoms with Crippen LogP contribution >= 0.6 is 19.0 Å². The molecular formula is C16H14ClO3P. The maximum Gasteiger partial charge on any atom is 0.261 e. The maximum atomic E-state index is 13.2. The lowest BCUT2D eigenvalue weighted by Crippen LogP contribution is -2.16. The van der Waals surface area contributed by atoms with Crippen LogP contribution in [0.5, 0.6) is 5.75 Å². The smallest absolute Gasteiger partial charge is 0.261 e. The van der Waals surface area contributed by atoms with Crippen LogP contribution in [0.4, 0.5) is 0 Å². The second-order valence-electron chi connectivity index (χ2n) is 4.59. The third-order valence-corrected chi connectivity index (χ3v) is 5.62. The normalized spacial score (nSPS) is 20.4. The summed E-state index contributed by atoms with van der Waals surface area (Å²) >= 11 is 6.00. The van der Waals surface area contributed by atoms with Crippen molar-refractivity contribution in [2.24, 2.45) is 0 Å². The van der Waals surface area contributed by atoms with Crippen molar-refractivity contribution < 1.29 is 13.8 Å². The fourth-order valence-corrected chi connectivity index (χ4v) is 4.46. The second-order valence-corrected chi connectivity index (χ2v) is 7.22. The highest BCUT2D eigenvalue weighted by molar-refractivity contribution is 7.70. The molecule has 0 N–H and O–H groups in total. The molecule has 2 aromatic carbocycles. The Morgan fingerprint density at radius 1 is 1.19 bits per heavy atom. The van der Waals surface area contributed by atoms with Gasteiger partial charge in [-0.3, -0.25) is 4.57 Å². The van der Waals surface area contributed by atoms with Crippen molar-refractivity contribution in [1.29, 1.82) is 0 Å². The van der Waals surface area contributed by atoms with Crippen LogP contribution in [0.1, 0.15) is 12.5 Å². The molecule has 1 unspecified atom stereocenters. The first-order valence-electron chi connectivity index (χ1n) is 6.63. The van der Waals surface area contributed by atoms with E-state index in [1.54, 1.807) is 24.0 Å². The van der Waals surface area contributed by atoms with Crippen molar-refractivity contribution in [3.63, 3.8) is 0 Å². The van der Waals surface area contributed by atoms with Crippen molar-refractivity contribution in [2.75, 3.05) is 6.61 Å². The Morgan fingerprint density at radius 3 is 2.67 bits per heavy atom. The van der Waals surface area contributed by atoms with Gasteiger partial charge < -0.3 is 9.26 Å². The molecule has 5 heteroatoms. The number of hydrogen-bond donors (Lipinski definition) is 0. The van der Waals surface area contributed by atoms with E-state index in [4.69, 9.17) is 20.9 Å². The average Bonchev–Trinajstić information content (AvgIpc) is 2.49. The molecule has 21 heavy (non-hydrogen) atoms. The van der Waals surface area contributed by atoms with E-state index in [1.807, 2.05) is 37.3 Å². The van der Waals surface area contributed by atoms with Crippen LogP contribution in [0.2, 0.25) is 5.02 Å². The number of benzene rings is 2. The third-order valence-electron chi connectivity index (χ3n) is 3.14. The van der Waals surface area contributed by atoms with Gasteiger partial charge in [0.15, 0.2) is 0 Å². The molecule has 1 aliphatic rings. The molecule has 108 valence electrons. The zero-order valence-corrected chi connectivity index (χ0v) is 13.1. The monoisotopic (exact) mass is 320 g/mol. The van der Waals surface area contributed by atoms with Crippen LogP contribution in [0.15, 0.2) is 54.3 Å². The lowest BCUT2D eigenvalue weighted by atomic mass is 10.2. The molecule has 0 aromatic heterocycles. The highest BCUT2D eigenvalue weighted by Crippen LogP contribution is 2.54. The number of rotatable bonds is 3. The lowest BCUT2D eigenvalue weighted by Gasteiger charge is -2.25. The predicted molar refractivity (Wildman–Crippen MR) is 85.4 cm³/mol. The Kier molecular flexibility index (Phi) is 3.90. The van der Waals surface area contributed by atoms with Crippen LogP contribution in [-0.2, 0) is 9.09 Å². The minimum absolute atomic E-state index is 0.349. The molecular weight excluding hydrogens is 307 g/mol. The Balaban J connectivity index is 2.14. The number of halogens is 1. The minimum Gasteiger partial charge on any atom is -0.456 e. The quantitative estimate of drug-likeness (QED) is 0.771. The average molecular weight is 321 g/mol. The van der Waals surface area contributed by atoms with E-state index in [-0.39, 0.29) is 0 Å². The molecule has 2 aromatic rings. The van der Waals surface area contributed by atoms with Gasteiger partial charge in [0.05, 0.1) is 11.9 Å². The molecule has 0 saturated heterocycles. The maximum absolute atomic E-state index is 13.2. The fourth-order valence-electron chi connectivity index (χ4n) is 2.22. The van der Waals surface area contributed by atoms with Crippen molar-refractivity contribution in [3.8, 4) is 5.75 Å². The highest BCUT2D eigenvalue weighted by atomic mass is 35.5. The summed E-state index contributed by atoms with van der Waals surface area (Å²) in [5.74, 6) is 2.64. The van der Waals surface area contributed by atoms with Crippen LogP contribution in [0.3, 0.4) is 0 Å². The molecule has 0 saturated carbocycles. The summed E-state index contributed by atoms with van der Waals surface area (Å²) in [7, 11) is -3.12. The van der Waals surface area contributed by atoms with Crippen LogP contribution in [0, 0.1) is 0 Å². The van der Waals surface area contributed by atoms with Gasteiger partial charge in [0, 0.05) is 16.4 Å². The minimum atomic E-state index is -3.12. The number of hydrogen-bond acceptors (Lipinski definition) is 3. The van der Waals surface area contributed by atoms with Crippen molar-refractivity contribution in [1.82, 2.24) is 0 Å². The first-order chi connectivity index (χ1) is 10.1. The molecule has 1 aliphatic heterocycles. The summed E-state index contributed by atoms with van der Waals surface area (Å²) in [6.07, 6.45) is 0. The zero-order chi connectivity index (χ0) is 14.9. The summed E-state index contributed by atoms with van der Waals surface area (Å²) in [6, 6.07) is 14.6. The van der Waals surface area contributed by atoms with Crippen LogP contribution in [0.25, 0.3) is 5.76 Å². The van der Waals surface area contributed by atoms with Crippen LogP contribution < -0.4 is 10.0 Å². The molecule has 3 rings (SSSR count). The summed E-state index contributed by atoms with van der Waals surface area (Å²) < 4.78 is 24.6. The largest absolute Gasteiger partial charge is 0.456 e. The van der Waals surface area contributed by atoms with Gasteiger partial charge in [0.1, 0.15) is 11.5 Å². The van der Waals surface area contributed by atoms with E-state index < -0.39 is 7.37 Å². The standard InChI is InChI=1S/C16H14ClO3P/c1-2-19-21(18)11-15(12-6-4-3-5-7-12)20-14-9-8-13(17)10-16(14)21/h3-11H,2H2,1H3. The van der Waals surface area contributed by atoms with Gasteiger partial charge in [-0.15, -0.1) is 0 Å². The van der Waals surface area contributed by atoms with Crippen molar-refractivity contribution >= 4 is 30.0 Å². The fraction of sp³-hybridized carbons (Fsp3) is 0.125. The Morgan fingerprint density at radius 2 is 1.95 bits per heavy atom. The summed E-state index contributed by atoms with van der Waals surface area (Å²) in [6.45, 7) is 2.16. The zero-order valence-electron chi connectivity index (χ0n) is 11.5. The molecule has 1 heterocycles. The van der Waals surface area contributed by atoms with Crippen molar-refractivity contribution in [3.05, 3.63) is 64.9 Å². The number of ether oxygens (including phenoxy) is 1. The molecule has 0 amide bonds. The van der Waals surface area contributed by atoms with Crippen LogP contribution in [-0.4, -0.2) is 6.61 Å². The second kappa shape index (κ2) is 5.69. The summed E-state index contributed by atoms with van der Waals surface area (Å²) in [4.78, 5) is 0. The van der Waals surface area contributed by atoms with E-state index in [0.717, 1.165) is 5.56 Å². The van der Waals surface area contributed by atoms with E-state index >= 15 is 0 Å². The van der Waals surface area contributed by atoms with Gasteiger partial charge in [-0.2, -0.15) is 0 Å². The molecule has 0 radical (unpaired) electrons. The van der Waals surface area contributed by atoms with Gasteiger partial charge in [0.25, 0.3) is 7.37 Å². The number of fused-ring (bicyclic) bond motifs is 1. The molecule has 0 fully saturated rings. The van der Waals surface area contributed by atoms with Gasteiger partial charge >= 0.3 is 0 Å².